The molecule has 9 heteroatoms. The second-order valence-corrected chi connectivity index (χ2v) is 8.17. The summed E-state index contributed by atoms with van der Waals surface area (Å²) in [6.45, 7) is 4.74. The van der Waals surface area contributed by atoms with Crippen LogP contribution >= 0.6 is 11.3 Å². The summed E-state index contributed by atoms with van der Waals surface area (Å²) in [4.78, 5) is 12.4. The number of aromatic nitrogens is 2. The summed E-state index contributed by atoms with van der Waals surface area (Å²) >= 11 is 1.29. The molecule has 0 aliphatic carbocycles. The van der Waals surface area contributed by atoms with E-state index in [4.69, 9.17) is 14.2 Å². The standard InChI is InChI=1S/C24H24N4O4S/c1-16(2)23-27-28-24(33-23)26-22(29)18(15-25)14-17-4-6-20(7-5-17)31-12-13-32-21-10-8-19(30-3)9-11-21/h4-11,14,16H,12-13H2,1-3H3,(H,26,28,29). The highest BCUT2D eigenvalue weighted by molar-refractivity contribution is 7.15. The van der Waals surface area contributed by atoms with Gasteiger partial charge in [-0.3, -0.25) is 10.1 Å². The Morgan fingerprint density at radius 2 is 1.61 bits per heavy atom. The maximum atomic E-state index is 12.4. The topological polar surface area (TPSA) is 106 Å². The molecular weight excluding hydrogens is 440 g/mol. The molecule has 1 heterocycles. The highest BCUT2D eigenvalue weighted by atomic mass is 32.1. The van der Waals surface area contributed by atoms with Gasteiger partial charge in [-0.2, -0.15) is 5.26 Å². The molecule has 170 valence electrons. The molecule has 0 aliphatic heterocycles. The van der Waals surface area contributed by atoms with E-state index in [0.29, 0.717) is 29.7 Å². The van der Waals surface area contributed by atoms with Crippen molar-refractivity contribution < 1.29 is 19.0 Å². The van der Waals surface area contributed by atoms with Crippen LogP contribution in [0.25, 0.3) is 6.08 Å². The highest BCUT2D eigenvalue weighted by Gasteiger charge is 2.14. The number of carbonyl (C=O) groups excluding carboxylic acids is 1. The summed E-state index contributed by atoms with van der Waals surface area (Å²) in [5.41, 5.74) is 0.668. The third-order valence-corrected chi connectivity index (χ3v) is 5.53. The van der Waals surface area contributed by atoms with Crippen LogP contribution in [-0.2, 0) is 4.79 Å². The molecule has 0 saturated heterocycles. The smallest absolute Gasteiger partial charge is 0.268 e. The van der Waals surface area contributed by atoms with E-state index >= 15 is 0 Å². The third-order valence-electron chi connectivity index (χ3n) is 4.39. The van der Waals surface area contributed by atoms with Gasteiger partial charge in [0.05, 0.1) is 7.11 Å². The summed E-state index contributed by atoms with van der Waals surface area (Å²) in [6, 6.07) is 16.3. The van der Waals surface area contributed by atoms with Crippen molar-refractivity contribution in [1.82, 2.24) is 10.2 Å². The van der Waals surface area contributed by atoms with Crippen molar-refractivity contribution in [3.05, 3.63) is 64.7 Å². The SMILES string of the molecule is COc1ccc(OCCOc2ccc(C=C(C#N)C(=O)Nc3nnc(C(C)C)s3)cc2)cc1. The summed E-state index contributed by atoms with van der Waals surface area (Å²) in [7, 11) is 1.61. The Labute approximate surface area is 196 Å². The lowest BCUT2D eigenvalue weighted by atomic mass is 10.1. The van der Waals surface area contributed by atoms with Crippen molar-refractivity contribution >= 4 is 28.5 Å². The largest absolute Gasteiger partial charge is 0.497 e. The average molecular weight is 465 g/mol. The zero-order valence-electron chi connectivity index (χ0n) is 18.6. The fourth-order valence-corrected chi connectivity index (χ4v) is 3.39. The number of hydrogen-bond acceptors (Lipinski definition) is 8. The lowest BCUT2D eigenvalue weighted by molar-refractivity contribution is -0.112. The molecule has 8 nitrogen and oxygen atoms in total. The Kier molecular flexibility index (Phi) is 8.38. The molecule has 0 bridgehead atoms. The van der Waals surface area contributed by atoms with E-state index in [1.54, 1.807) is 31.4 Å². The number of methoxy groups -OCH3 is 1. The first-order chi connectivity index (χ1) is 16.0. The van der Waals surface area contributed by atoms with Gasteiger partial charge in [0, 0.05) is 5.92 Å². The van der Waals surface area contributed by atoms with Crippen LogP contribution in [0.3, 0.4) is 0 Å². The van der Waals surface area contributed by atoms with Gasteiger partial charge in [-0.25, -0.2) is 0 Å². The minimum absolute atomic E-state index is 0.0298. The van der Waals surface area contributed by atoms with Crippen LogP contribution in [0.5, 0.6) is 17.2 Å². The third kappa shape index (κ3) is 7.05. The van der Waals surface area contributed by atoms with Gasteiger partial charge in [-0.15, -0.1) is 10.2 Å². The van der Waals surface area contributed by atoms with Crippen LogP contribution in [0.15, 0.2) is 54.1 Å². The van der Waals surface area contributed by atoms with E-state index < -0.39 is 5.91 Å². The van der Waals surface area contributed by atoms with Gasteiger partial charge < -0.3 is 14.2 Å². The molecule has 33 heavy (non-hydrogen) atoms. The van der Waals surface area contributed by atoms with Gasteiger partial charge in [0.1, 0.15) is 47.1 Å². The number of nitrogens with one attached hydrogen (secondary N) is 1. The Bertz CT molecular complexity index is 1130. The molecule has 0 aliphatic rings. The van der Waals surface area contributed by atoms with Crippen LogP contribution < -0.4 is 19.5 Å². The lowest BCUT2D eigenvalue weighted by Gasteiger charge is -2.09. The minimum Gasteiger partial charge on any atom is -0.497 e. The monoisotopic (exact) mass is 464 g/mol. The van der Waals surface area contributed by atoms with Gasteiger partial charge in [-0.1, -0.05) is 37.3 Å². The van der Waals surface area contributed by atoms with Crippen LogP contribution in [0, 0.1) is 11.3 Å². The number of benzene rings is 2. The molecule has 0 unspecified atom stereocenters. The van der Waals surface area contributed by atoms with Crippen molar-refractivity contribution in [2.24, 2.45) is 0 Å². The zero-order chi connectivity index (χ0) is 23.6. The molecule has 0 radical (unpaired) electrons. The Hall–Kier alpha value is -3.90. The molecule has 1 aromatic heterocycles. The number of amides is 1. The first kappa shape index (κ1) is 23.8. The molecule has 2 aromatic carbocycles. The molecule has 0 atom stereocenters. The first-order valence-corrected chi connectivity index (χ1v) is 11.1. The summed E-state index contributed by atoms with van der Waals surface area (Å²) in [6.07, 6.45) is 1.51. The highest BCUT2D eigenvalue weighted by Crippen LogP contribution is 2.23. The van der Waals surface area contributed by atoms with Crippen molar-refractivity contribution in [3.63, 3.8) is 0 Å². The van der Waals surface area contributed by atoms with Gasteiger partial charge in [0.25, 0.3) is 5.91 Å². The summed E-state index contributed by atoms with van der Waals surface area (Å²) in [5.74, 6) is 1.85. The van der Waals surface area contributed by atoms with Crippen LogP contribution in [0.1, 0.15) is 30.3 Å². The summed E-state index contributed by atoms with van der Waals surface area (Å²) < 4.78 is 16.4. The van der Waals surface area contributed by atoms with E-state index in [9.17, 15) is 10.1 Å². The van der Waals surface area contributed by atoms with Gasteiger partial charge >= 0.3 is 0 Å². The Morgan fingerprint density at radius 1 is 1.03 bits per heavy atom. The number of carbonyl (C=O) groups is 1. The number of rotatable bonds is 10. The number of nitriles is 1. The quantitative estimate of drug-likeness (QED) is 0.264. The van der Waals surface area contributed by atoms with Crippen LogP contribution in [0.4, 0.5) is 5.13 Å². The van der Waals surface area contributed by atoms with E-state index in [1.165, 1.54) is 17.4 Å². The Balaban J connectivity index is 1.50. The molecular formula is C24H24N4O4S. The van der Waals surface area contributed by atoms with Crippen LogP contribution in [-0.4, -0.2) is 36.4 Å². The van der Waals surface area contributed by atoms with Gasteiger partial charge in [0.15, 0.2) is 0 Å². The van der Waals surface area contributed by atoms with Gasteiger partial charge in [-0.05, 0) is 48.0 Å². The molecule has 0 fully saturated rings. The average Bonchev–Trinajstić information content (AvgIpc) is 3.30. The molecule has 1 N–H and O–H groups in total. The zero-order valence-corrected chi connectivity index (χ0v) is 19.4. The van der Waals surface area contributed by atoms with E-state index in [-0.39, 0.29) is 11.5 Å². The molecule has 3 aromatic rings. The van der Waals surface area contributed by atoms with Gasteiger partial charge in [0.2, 0.25) is 5.13 Å². The van der Waals surface area contributed by atoms with Crippen molar-refractivity contribution in [2.75, 3.05) is 25.6 Å². The number of anilines is 1. The number of nitrogens with zero attached hydrogens (tertiary/aromatic N) is 3. The van der Waals surface area contributed by atoms with Crippen molar-refractivity contribution in [2.45, 2.75) is 19.8 Å². The predicted octanol–water partition coefficient (Wildman–Crippen LogP) is 4.67. The predicted molar refractivity (Wildman–Crippen MR) is 127 cm³/mol. The minimum atomic E-state index is -0.528. The second kappa shape index (κ2) is 11.6. The van der Waals surface area contributed by atoms with E-state index in [0.717, 1.165) is 16.5 Å². The first-order valence-electron chi connectivity index (χ1n) is 10.2. The summed E-state index contributed by atoms with van der Waals surface area (Å²) in [5, 5.41) is 21.2. The molecule has 0 spiro atoms. The normalized spacial score (nSPS) is 11.1. The molecule has 3 rings (SSSR count). The maximum absolute atomic E-state index is 12.4. The lowest BCUT2D eigenvalue weighted by Crippen LogP contribution is -2.13. The fraction of sp³-hybridized carbons (Fsp3) is 0.250. The fourth-order valence-electron chi connectivity index (χ4n) is 2.65. The van der Waals surface area contributed by atoms with Crippen molar-refractivity contribution in [1.29, 1.82) is 5.26 Å². The van der Waals surface area contributed by atoms with E-state index in [1.807, 2.05) is 44.2 Å². The van der Waals surface area contributed by atoms with E-state index in [2.05, 4.69) is 15.5 Å². The molecule has 1 amide bonds. The Morgan fingerprint density at radius 3 is 2.12 bits per heavy atom. The maximum Gasteiger partial charge on any atom is 0.268 e. The molecule has 0 saturated carbocycles. The number of hydrogen-bond donors (Lipinski definition) is 1. The van der Waals surface area contributed by atoms with Crippen molar-refractivity contribution in [3.8, 4) is 23.3 Å². The number of ether oxygens (including phenoxy) is 3. The van der Waals surface area contributed by atoms with Crippen LogP contribution in [0.2, 0.25) is 0 Å². The second-order valence-electron chi connectivity index (χ2n) is 7.17.